The van der Waals surface area contributed by atoms with Crippen LogP contribution in [-0.2, 0) is 23.8 Å². The number of carbonyl (C=O) groups is 1. The number of pyridine rings is 1. The second kappa shape index (κ2) is 14.1. The number of carboxylic acids is 1. The van der Waals surface area contributed by atoms with Crippen LogP contribution in [0.25, 0.3) is 0 Å². The van der Waals surface area contributed by atoms with Gasteiger partial charge in [0.25, 0.3) is 0 Å². The number of benzene rings is 1. The Morgan fingerprint density at radius 2 is 1.90 bits per heavy atom. The second-order valence-corrected chi connectivity index (χ2v) is 11.0. The molecule has 0 spiro atoms. The molecule has 2 aromatic heterocycles. The van der Waals surface area contributed by atoms with E-state index in [0.717, 1.165) is 43.0 Å². The standard InChI is InChI=1S/C30H35ClF3N3O5/c1-19(2)41-24-12-10-20(26(17-24)42-29-25(31)15-21(18-35-29)30(32,33)34)7-6-14-40-27-16-23(11-13-28(38)39)37(36-27)22-8-4-3-5-9-22/h10,12,15-19,22H,3-9,11,13-14H2,1-2H3,(H,38,39). The summed E-state index contributed by atoms with van der Waals surface area (Å²) in [6.45, 7) is 4.09. The Balaban J connectivity index is 1.44. The largest absolute Gasteiger partial charge is 0.491 e. The fourth-order valence-electron chi connectivity index (χ4n) is 4.92. The number of aryl methyl sites for hydroxylation is 2. The summed E-state index contributed by atoms with van der Waals surface area (Å²) in [5, 5.41) is 13.6. The fourth-order valence-corrected chi connectivity index (χ4v) is 5.13. The number of alkyl halides is 3. The quantitative estimate of drug-likeness (QED) is 0.196. The van der Waals surface area contributed by atoms with Crippen molar-refractivity contribution in [1.82, 2.24) is 14.8 Å². The lowest BCUT2D eigenvalue weighted by Gasteiger charge is -2.23. The average Bonchev–Trinajstić information content (AvgIpc) is 3.34. The van der Waals surface area contributed by atoms with Gasteiger partial charge in [0.1, 0.15) is 16.5 Å². The van der Waals surface area contributed by atoms with Crippen molar-refractivity contribution in [2.75, 3.05) is 6.61 Å². The Bertz CT molecular complexity index is 1360. The van der Waals surface area contributed by atoms with Gasteiger partial charge in [-0.15, -0.1) is 5.10 Å². The highest BCUT2D eigenvalue weighted by atomic mass is 35.5. The molecule has 0 bridgehead atoms. The third-order valence-electron chi connectivity index (χ3n) is 6.90. The van der Waals surface area contributed by atoms with Crippen LogP contribution in [0.1, 0.15) is 81.7 Å². The van der Waals surface area contributed by atoms with Crippen LogP contribution >= 0.6 is 11.6 Å². The molecule has 228 valence electrons. The van der Waals surface area contributed by atoms with Gasteiger partial charge in [-0.2, -0.15) is 13.2 Å². The topological polar surface area (TPSA) is 95.7 Å². The Morgan fingerprint density at radius 1 is 1.14 bits per heavy atom. The van der Waals surface area contributed by atoms with Crippen LogP contribution in [0.15, 0.2) is 36.5 Å². The van der Waals surface area contributed by atoms with Crippen molar-refractivity contribution >= 4 is 17.6 Å². The van der Waals surface area contributed by atoms with Gasteiger partial charge >= 0.3 is 12.1 Å². The van der Waals surface area contributed by atoms with Gasteiger partial charge in [0, 0.05) is 24.0 Å². The molecule has 0 amide bonds. The Morgan fingerprint density at radius 3 is 2.57 bits per heavy atom. The first-order valence-corrected chi connectivity index (χ1v) is 14.5. The van der Waals surface area contributed by atoms with Crippen molar-refractivity contribution in [3.05, 3.63) is 58.4 Å². The molecule has 0 atom stereocenters. The molecule has 1 fully saturated rings. The number of carboxylic acid groups (broad SMARTS) is 1. The van der Waals surface area contributed by atoms with Crippen molar-refractivity contribution < 1.29 is 37.3 Å². The number of hydrogen-bond acceptors (Lipinski definition) is 6. The average molecular weight is 610 g/mol. The van der Waals surface area contributed by atoms with Crippen LogP contribution in [0.3, 0.4) is 0 Å². The smallest absolute Gasteiger partial charge is 0.417 e. The number of hydrogen-bond donors (Lipinski definition) is 1. The number of halogens is 4. The van der Waals surface area contributed by atoms with E-state index in [1.165, 1.54) is 6.42 Å². The van der Waals surface area contributed by atoms with Crippen LogP contribution in [0.5, 0.6) is 23.3 Å². The Hall–Kier alpha value is -3.47. The molecule has 12 heteroatoms. The van der Waals surface area contributed by atoms with Gasteiger partial charge in [0.05, 0.1) is 30.7 Å². The second-order valence-electron chi connectivity index (χ2n) is 10.6. The number of ether oxygens (including phenoxy) is 3. The maximum Gasteiger partial charge on any atom is 0.417 e. The highest BCUT2D eigenvalue weighted by Crippen LogP contribution is 2.37. The molecule has 1 aromatic carbocycles. The molecule has 3 aromatic rings. The molecule has 8 nitrogen and oxygen atoms in total. The molecule has 1 aliphatic rings. The van der Waals surface area contributed by atoms with Gasteiger partial charge in [-0.25, -0.2) is 4.98 Å². The first-order chi connectivity index (χ1) is 20.0. The van der Waals surface area contributed by atoms with Crippen molar-refractivity contribution in [2.24, 2.45) is 0 Å². The van der Waals surface area contributed by atoms with Crippen LogP contribution in [0.4, 0.5) is 13.2 Å². The molecular formula is C30H35ClF3N3O5. The van der Waals surface area contributed by atoms with Gasteiger partial charge in [-0.05, 0) is 63.6 Å². The number of aliphatic carboxylic acids is 1. The summed E-state index contributed by atoms with van der Waals surface area (Å²) in [5.41, 5.74) is 0.658. The number of nitrogens with zero attached hydrogens (tertiary/aromatic N) is 3. The Kier molecular flexibility index (Phi) is 10.6. The lowest BCUT2D eigenvalue weighted by atomic mass is 9.95. The summed E-state index contributed by atoms with van der Waals surface area (Å²) < 4.78 is 58.7. The van der Waals surface area contributed by atoms with E-state index in [1.807, 2.05) is 30.7 Å². The van der Waals surface area contributed by atoms with Gasteiger partial charge in [0.2, 0.25) is 11.8 Å². The molecular weight excluding hydrogens is 575 g/mol. The predicted octanol–water partition coefficient (Wildman–Crippen LogP) is 8.06. The summed E-state index contributed by atoms with van der Waals surface area (Å²) in [5.74, 6) is 0.347. The molecule has 2 heterocycles. The lowest BCUT2D eigenvalue weighted by Crippen LogP contribution is -2.17. The molecule has 42 heavy (non-hydrogen) atoms. The van der Waals surface area contributed by atoms with Crippen LogP contribution in [-0.4, -0.2) is 38.6 Å². The van der Waals surface area contributed by atoms with E-state index >= 15 is 0 Å². The van der Waals surface area contributed by atoms with Crippen molar-refractivity contribution in [2.45, 2.75) is 90.0 Å². The Labute approximate surface area is 247 Å². The lowest BCUT2D eigenvalue weighted by molar-refractivity contribution is -0.138. The van der Waals surface area contributed by atoms with Crippen molar-refractivity contribution in [3.63, 3.8) is 0 Å². The van der Waals surface area contributed by atoms with Gasteiger partial charge in [-0.1, -0.05) is 36.9 Å². The van der Waals surface area contributed by atoms with E-state index in [4.69, 9.17) is 30.9 Å². The summed E-state index contributed by atoms with van der Waals surface area (Å²) in [7, 11) is 0. The minimum atomic E-state index is -4.57. The first kappa shape index (κ1) is 31.5. The van der Waals surface area contributed by atoms with Crippen LogP contribution < -0.4 is 14.2 Å². The van der Waals surface area contributed by atoms with E-state index in [1.54, 1.807) is 12.1 Å². The van der Waals surface area contributed by atoms with Crippen molar-refractivity contribution in [3.8, 4) is 23.3 Å². The fraction of sp³-hybridized carbons (Fsp3) is 0.500. The molecule has 4 rings (SSSR count). The third kappa shape index (κ3) is 8.77. The summed E-state index contributed by atoms with van der Waals surface area (Å²) >= 11 is 6.09. The molecule has 1 saturated carbocycles. The third-order valence-corrected chi connectivity index (χ3v) is 7.17. The highest BCUT2D eigenvalue weighted by Gasteiger charge is 2.32. The summed E-state index contributed by atoms with van der Waals surface area (Å²) in [6.07, 6.45) is 2.98. The van der Waals surface area contributed by atoms with Gasteiger partial charge in [0.15, 0.2) is 0 Å². The number of rotatable bonds is 13. The summed E-state index contributed by atoms with van der Waals surface area (Å²) in [4.78, 5) is 15.0. The van der Waals surface area contributed by atoms with Crippen LogP contribution in [0.2, 0.25) is 5.02 Å². The SMILES string of the molecule is CC(C)Oc1ccc(CCCOc2cc(CCC(=O)O)n(C3CCCCC3)n2)c(Oc2ncc(C(F)(F)F)cc2Cl)c1. The zero-order chi connectivity index (χ0) is 30.3. The molecule has 0 radical (unpaired) electrons. The summed E-state index contributed by atoms with van der Waals surface area (Å²) in [6, 6.07) is 8.13. The zero-order valence-electron chi connectivity index (χ0n) is 23.6. The normalized spacial score (nSPS) is 14.3. The van der Waals surface area contributed by atoms with E-state index < -0.39 is 17.7 Å². The zero-order valence-corrected chi connectivity index (χ0v) is 24.4. The maximum absolute atomic E-state index is 13.1. The first-order valence-electron chi connectivity index (χ1n) is 14.1. The highest BCUT2D eigenvalue weighted by molar-refractivity contribution is 6.31. The van der Waals surface area contributed by atoms with E-state index in [0.29, 0.717) is 49.4 Å². The van der Waals surface area contributed by atoms with E-state index in [9.17, 15) is 18.0 Å². The molecule has 0 aliphatic heterocycles. The van der Waals surface area contributed by atoms with Crippen molar-refractivity contribution in [1.29, 1.82) is 0 Å². The minimum absolute atomic E-state index is 0.0228. The van der Waals surface area contributed by atoms with E-state index in [-0.39, 0.29) is 29.5 Å². The minimum Gasteiger partial charge on any atom is -0.491 e. The number of aromatic nitrogens is 3. The maximum atomic E-state index is 13.1. The van der Waals surface area contributed by atoms with Crippen LogP contribution in [0, 0.1) is 0 Å². The van der Waals surface area contributed by atoms with E-state index in [2.05, 4.69) is 10.1 Å². The molecule has 0 saturated heterocycles. The molecule has 1 N–H and O–H groups in total. The van der Waals surface area contributed by atoms with Gasteiger partial charge < -0.3 is 19.3 Å². The predicted molar refractivity (Wildman–Crippen MR) is 151 cm³/mol. The van der Waals surface area contributed by atoms with Gasteiger partial charge in [-0.3, -0.25) is 9.48 Å². The molecule has 0 unspecified atom stereocenters. The molecule has 1 aliphatic carbocycles. The monoisotopic (exact) mass is 609 g/mol.